The van der Waals surface area contributed by atoms with Gasteiger partial charge in [-0.15, -0.1) is 0 Å². The van der Waals surface area contributed by atoms with Crippen molar-refractivity contribution in [2.24, 2.45) is 5.92 Å². The standard InChI is InChI=1S/C16H28N4O/c1-12(2)11-21-16-14(17)6-7-15(18-16)20-9-5-8-19(4)10-13(20)3/h6-7,12-13H,5,8-11,17H2,1-4H3. The van der Waals surface area contributed by atoms with E-state index in [-0.39, 0.29) is 0 Å². The quantitative estimate of drug-likeness (QED) is 0.922. The molecule has 1 aromatic rings. The van der Waals surface area contributed by atoms with Crippen molar-refractivity contribution in [3.8, 4) is 5.88 Å². The second-order valence-corrected chi connectivity index (χ2v) is 6.43. The highest BCUT2D eigenvalue weighted by molar-refractivity contribution is 5.55. The highest BCUT2D eigenvalue weighted by atomic mass is 16.5. The van der Waals surface area contributed by atoms with Crippen LogP contribution in [0.4, 0.5) is 11.5 Å². The van der Waals surface area contributed by atoms with Crippen LogP contribution in [0.5, 0.6) is 5.88 Å². The maximum Gasteiger partial charge on any atom is 0.239 e. The summed E-state index contributed by atoms with van der Waals surface area (Å²) < 4.78 is 5.74. The zero-order chi connectivity index (χ0) is 15.4. The van der Waals surface area contributed by atoms with Crippen LogP contribution in [0.1, 0.15) is 27.2 Å². The minimum atomic E-state index is 0.437. The van der Waals surface area contributed by atoms with Gasteiger partial charge in [0.05, 0.1) is 12.3 Å². The Hall–Kier alpha value is -1.49. The van der Waals surface area contributed by atoms with E-state index in [1.165, 1.54) is 0 Å². The summed E-state index contributed by atoms with van der Waals surface area (Å²) in [5.74, 6) is 1.98. The number of nitrogens with zero attached hydrogens (tertiary/aromatic N) is 3. The van der Waals surface area contributed by atoms with E-state index < -0.39 is 0 Å². The van der Waals surface area contributed by atoms with Crippen LogP contribution in [0.25, 0.3) is 0 Å². The monoisotopic (exact) mass is 292 g/mol. The lowest BCUT2D eigenvalue weighted by atomic mass is 10.2. The lowest BCUT2D eigenvalue weighted by Gasteiger charge is -2.29. The van der Waals surface area contributed by atoms with Gasteiger partial charge in [-0.1, -0.05) is 13.8 Å². The zero-order valence-corrected chi connectivity index (χ0v) is 13.7. The molecule has 21 heavy (non-hydrogen) atoms. The Morgan fingerprint density at radius 1 is 1.38 bits per heavy atom. The smallest absolute Gasteiger partial charge is 0.239 e. The number of hydrogen-bond donors (Lipinski definition) is 1. The fourth-order valence-electron chi connectivity index (χ4n) is 2.68. The van der Waals surface area contributed by atoms with Gasteiger partial charge in [0.25, 0.3) is 0 Å². The van der Waals surface area contributed by atoms with Crippen molar-refractivity contribution >= 4 is 11.5 Å². The van der Waals surface area contributed by atoms with Gasteiger partial charge in [-0.2, -0.15) is 4.98 Å². The van der Waals surface area contributed by atoms with E-state index in [1.807, 2.05) is 12.1 Å². The number of aromatic nitrogens is 1. The van der Waals surface area contributed by atoms with Crippen LogP contribution < -0.4 is 15.4 Å². The summed E-state index contributed by atoms with van der Waals surface area (Å²) in [7, 11) is 2.17. The third kappa shape index (κ3) is 4.24. The van der Waals surface area contributed by atoms with E-state index in [9.17, 15) is 0 Å². The van der Waals surface area contributed by atoms with Gasteiger partial charge in [-0.25, -0.2) is 0 Å². The van der Waals surface area contributed by atoms with Gasteiger partial charge in [0.1, 0.15) is 5.82 Å². The molecule has 1 unspecified atom stereocenters. The summed E-state index contributed by atoms with van der Waals surface area (Å²) >= 11 is 0. The fourth-order valence-corrected chi connectivity index (χ4v) is 2.68. The van der Waals surface area contributed by atoms with Crippen molar-refractivity contribution in [2.75, 3.05) is 43.9 Å². The zero-order valence-electron chi connectivity index (χ0n) is 13.7. The topological polar surface area (TPSA) is 54.6 Å². The number of likely N-dealkylation sites (N-methyl/N-ethyl adjacent to an activating group) is 1. The van der Waals surface area contributed by atoms with Gasteiger partial charge < -0.3 is 20.3 Å². The summed E-state index contributed by atoms with van der Waals surface area (Å²) in [6.07, 6.45) is 1.15. The molecule has 1 aliphatic rings. The van der Waals surface area contributed by atoms with Gasteiger partial charge in [-0.3, -0.25) is 0 Å². The van der Waals surface area contributed by atoms with E-state index in [2.05, 4.69) is 42.6 Å². The lowest BCUT2D eigenvalue weighted by molar-refractivity contribution is 0.263. The molecular formula is C16H28N4O. The highest BCUT2D eigenvalue weighted by Crippen LogP contribution is 2.25. The first-order valence-electron chi connectivity index (χ1n) is 7.82. The number of pyridine rings is 1. The van der Waals surface area contributed by atoms with E-state index >= 15 is 0 Å². The van der Waals surface area contributed by atoms with Crippen molar-refractivity contribution < 1.29 is 4.74 Å². The molecule has 2 heterocycles. The summed E-state index contributed by atoms with van der Waals surface area (Å²) in [4.78, 5) is 9.37. The number of anilines is 2. The average molecular weight is 292 g/mol. The first-order valence-corrected chi connectivity index (χ1v) is 7.82. The number of nitrogen functional groups attached to an aromatic ring is 1. The van der Waals surface area contributed by atoms with E-state index in [0.29, 0.717) is 30.1 Å². The van der Waals surface area contributed by atoms with Gasteiger partial charge >= 0.3 is 0 Å². The van der Waals surface area contributed by atoms with Crippen molar-refractivity contribution in [3.63, 3.8) is 0 Å². The Balaban J connectivity index is 2.16. The Bertz CT molecular complexity index is 464. The minimum Gasteiger partial charge on any atom is -0.476 e. The molecule has 1 fully saturated rings. The van der Waals surface area contributed by atoms with Crippen LogP contribution in [0.3, 0.4) is 0 Å². The first-order chi connectivity index (χ1) is 9.97. The summed E-state index contributed by atoms with van der Waals surface area (Å²) in [5.41, 5.74) is 6.59. The molecule has 0 spiro atoms. The lowest BCUT2D eigenvalue weighted by Crippen LogP contribution is -2.38. The van der Waals surface area contributed by atoms with E-state index in [0.717, 1.165) is 31.9 Å². The predicted molar refractivity (Wildman–Crippen MR) is 87.9 cm³/mol. The number of ether oxygens (including phenoxy) is 1. The maximum atomic E-state index is 5.98. The van der Waals surface area contributed by atoms with Crippen LogP contribution in [-0.2, 0) is 0 Å². The summed E-state index contributed by atoms with van der Waals surface area (Å²) in [5, 5.41) is 0. The first kappa shape index (κ1) is 15.9. The third-order valence-electron chi connectivity index (χ3n) is 3.77. The van der Waals surface area contributed by atoms with Crippen molar-refractivity contribution in [2.45, 2.75) is 33.2 Å². The molecule has 0 bridgehead atoms. The van der Waals surface area contributed by atoms with Gasteiger partial charge in [0.2, 0.25) is 5.88 Å². The molecule has 2 N–H and O–H groups in total. The fraction of sp³-hybridized carbons (Fsp3) is 0.688. The molecule has 2 rings (SSSR count). The Morgan fingerprint density at radius 3 is 2.86 bits per heavy atom. The number of nitrogens with two attached hydrogens (primary N) is 1. The highest BCUT2D eigenvalue weighted by Gasteiger charge is 2.21. The second kappa shape index (κ2) is 6.98. The Labute approximate surface area is 128 Å². The molecule has 0 aromatic carbocycles. The Morgan fingerprint density at radius 2 is 2.14 bits per heavy atom. The molecule has 0 aliphatic carbocycles. The third-order valence-corrected chi connectivity index (χ3v) is 3.77. The molecule has 1 saturated heterocycles. The molecule has 0 amide bonds. The normalized spacial score (nSPS) is 20.6. The number of hydrogen-bond acceptors (Lipinski definition) is 5. The van der Waals surface area contributed by atoms with Gasteiger partial charge in [0.15, 0.2) is 0 Å². The average Bonchev–Trinajstić information content (AvgIpc) is 2.58. The van der Waals surface area contributed by atoms with Crippen molar-refractivity contribution in [3.05, 3.63) is 12.1 Å². The Kier molecular flexibility index (Phi) is 5.28. The van der Waals surface area contributed by atoms with Crippen LogP contribution in [-0.4, -0.2) is 49.2 Å². The number of rotatable bonds is 4. The molecule has 1 atom stereocenters. The van der Waals surface area contributed by atoms with E-state index in [1.54, 1.807) is 0 Å². The summed E-state index contributed by atoms with van der Waals surface area (Å²) in [6, 6.07) is 4.34. The SMILES string of the molecule is CC(C)COc1nc(N2CCCN(C)CC2C)ccc1N. The van der Waals surface area contributed by atoms with E-state index in [4.69, 9.17) is 10.5 Å². The van der Waals surface area contributed by atoms with Crippen LogP contribution in [0, 0.1) is 5.92 Å². The largest absolute Gasteiger partial charge is 0.476 e. The summed E-state index contributed by atoms with van der Waals surface area (Å²) in [6.45, 7) is 10.3. The second-order valence-electron chi connectivity index (χ2n) is 6.43. The molecule has 1 aromatic heterocycles. The van der Waals surface area contributed by atoms with Gasteiger partial charge in [0, 0.05) is 19.1 Å². The molecule has 5 heteroatoms. The van der Waals surface area contributed by atoms with Crippen LogP contribution in [0.2, 0.25) is 0 Å². The molecule has 5 nitrogen and oxygen atoms in total. The van der Waals surface area contributed by atoms with Crippen LogP contribution >= 0.6 is 0 Å². The van der Waals surface area contributed by atoms with Crippen LogP contribution in [0.15, 0.2) is 12.1 Å². The maximum absolute atomic E-state index is 5.98. The molecule has 0 saturated carbocycles. The predicted octanol–water partition coefficient (Wildman–Crippen LogP) is 2.23. The van der Waals surface area contributed by atoms with Crippen molar-refractivity contribution in [1.29, 1.82) is 0 Å². The molecule has 118 valence electrons. The molecule has 0 radical (unpaired) electrons. The molecular weight excluding hydrogens is 264 g/mol. The minimum absolute atomic E-state index is 0.437. The molecule has 1 aliphatic heterocycles. The van der Waals surface area contributed by atoms with Crippen molar-refractivity contribution in [1.82, 2.24) is 9.88 Å². The van der Waals surface area contributed by atoms with Gasteiger partial charge in [-0.05, 0) is 45.0 Å².